The summed E-state index contributed by atoms with van der Waals surface area (Å²) in [6.07, 6.45) is 1.25. The lowest BCUT2D eigenvalue weighted by atomic mass is 10.2. The molecule has 0 aliphatic carbocycles. The van der Waals surface area contributed by atoms with Gasteiger partial charge in [0.2, 0.25) is 12.2 Å². The molecule has 66 valence electrons. The first kappa shape index (κ1) is 8.53. The Hall–Kier alpha value is -1.06. The van der Waals surface area contributed by atoms with E-state index in [4.69, 9.17) is 23.2 Å². The predicted molar refractivity (Wildman–Crippen MR) is 49.8 cm³/mol. The third-order valence-electron chi connectivity index (χ3n) is 1.53. The van der Waals surface area contributed by atoms with E-state index < -0.39 is 0 Å². The monoisotopic (exact) mass is 214 g/mol. The molecule has 1 heterocycles. The zero-order valence-corrected chi connectivity index (χ0v) is 7.88. The molecular formula is C8H4Cl2N2O. The first-order valence-corrected chi connectivity index (χ1v) is 4.25. The van der Waals surface area contributed by atoms with Crippen molar-refractivity contribution >= 4 is 23.2 Å². The van der Waals surface area contributed by atoms with Crippen LogP contribution in [0.15, 0.2) is 29.1 Å². The molecule has 0 saturated carbocycles. The first-order chi connectivity index (χ1) is 6.27. The summed E-state index contributed by atoms with van der Waals surface area (Å²) in [4.78, 5) is 3.87. The summed E-state index contributed by atoms with van der Waals surface area (Å²) in [5.74, 6) is 0.460. The van der Waals surface area contributed by atoms with Gasteiger partial charge in [-0.3, -0.25) is 0 Å². The number of rotatable bonds is 1. The second kappa shape index (κ2) is 3.36. The topological polar surface area (TPSA) is 38.9 Å². The highest BCUT2D eigenvalue weighted by Gasteiger charge is 2.07. The Morgan fingerprint density at radius 1 is 1.23 bits per heavy atom. The average Bonchev–Trinajstić information content (AvgIpc) is 2.56. The van der Waals surface area contributed by atoms with E-state index in [0.29, 0.717) is 21.4 Å². The Morgan fingerprint density at radius 2 is 2.08 bits per heavy atom. The largest absolute Gasteiger partial charge is 0.342 e. The van der Waals surface area contributed by atoms with E-state index >= 15 is 0 Å². The van der Waals surface area contributed by atoms with Gasteiger partial charge < -0.3 is 4.52 Å². The van der Waals surface area contributed by atoms with Crippen molar-refractivity contribution in [1.29, 1.82) is 0 Å². The van der Waals surface area contributed by atoms with Crippen LogP contribution >= 0.6 is 23.2 Å². The molecule has 0 N–H and O–H groups in total. The molecule has 0 amide bonds. The SMILES string of the molecule is Clc1ccc(-c2ncon2)c(Cl)c1. The molecule has 2 aromatic rings. The van der Waals surface area contributed by atoms with Crippen LogP contribution in [-0.2, 0) is 0 Å². The number of halogens is 2. The Morgan fingerprint density at radius 3 is 2.69 bits per heavy atom. The molecule has 13 heavy (non-hydrogen) atoms. The third kappa shape index (κ3) is 1.66. The fourth-order valence-corrected chi connectivity index (χ4v) is 1.45. The van der Waals surface area contributed by atoms with Crippen molar-refractivity contribution in [3.63, 3.8) is 0 Å². The lowest BCUT2D eigenvalue weighted by Crippen LogP contribution is -1.81. The third-order valence-corrected chi connectivity index (χ3v) is 2.08. The molecule has 0 bridgehead atoms. The Kier molecular flexibility index (Phi) is 2.20. The Balaban J connectivity index is 2.53. The van der Waals surface area contributed by atoms with E-state index in [1.54, 1.807) is 18.2 Å². The fraction of sp³-hybridized carbons (Fsp3) is 0. The minimum Gasteiger partial charge on any atom is -0.342 e. The highest BCUT2D eigenvalue weighted by atomic mass is 35.5. The summed E-state index contributed by atoms with van der Waals surface area (Å²) >= 11 is 11.6. The van der Waals surface area contributed by atoms with Gasteiger partial charge in [0.1, 0.15) is 0 Å². The van der Waals surface area contributed by atoms with Crippen molar-refractivity contribution in [2.24, 2.45) is 0 Å². The van der Waals surface area contributed by atoms with Crippen molar-refractivity contribution < 1.29 is 4.52 Å². The zero-order chi connectivity index (χ0) is 9.26. The van der Waals surface area contributed by atoms with E-state index in [1.165, 1.54) is 6.39 Å². The lowest BCUT2D eigenvalue weighted by Gasteiger charge is -1.97. The maximum atomic E-state index is 5.91. The maximum Gasteiger partial charge on any atom is 0.214 e. The Labute approximate surface area is 84.3 Å². The van der Waals surface area contributed by atoms with Gasteiger partial charge in [-0.2, -0.15) is 4.98 Å². The standard InChI is InChI=1S/C8H4Cl2N2O/c9-5-1-2-6(7(10)3-5)8-11-4-13-12-8/h1-4H. The molecule has 0 unspecified atom stereocenters. The highest BCUT2D eigenvalue weighted by molar-refractivity contribution is 6.36. The number of aromatic nitrogens is 2. The van der Waals surface area contributed by atoms with Gasteiger partial charge in [0, 0.05) is 10.6 Å². The van der Waals surface area contributed by atoms with Crippen molar-refractivity contribution in [2.75, 3.05) is 0 Å². The normalized spacial score (nSPS) is 10.3. The van der Waals surface area contributed by atoms with E-state index in [1.807, 2.05) is 0 Å². The molecular weight excluding hydrogens is 211 g/mol. The van der Waals surface area contributed by atoms with Gasteiger partial charge in [-0.25, -0.2) is 0 Å². The molecule has 5 heteroatoms. The van der Waals surface area contributed by atoms with Gasteiger partial charge in [-0.15, -0.1) is 0 Å². The number of hydrogen-bond acceptors (Lipinski definition) is 3. The van der Waals surface area contributed by atoms with Crippen molar-refractivity contribution in [3.05, 3.63) is 34.6 Å². The summed E-state index contributed by atoms with van der Waals surface area (Å²) in [7, 11) is 0. The summed E-state index contributed by atoms with van der Waals surface area (Å²) in [5.41, 5.74) is 0.708. The van der Waals surface area contributed by atoms with Gasteiger partial charge in [-0.05, 0) is 18.2 Å². The summed E-state index contributed by atoms with van der Waals surface area (Å²) in [6, 6.07) is 5.10. The first-order valence-electron chi connectivity index (χ1n) is 3.49. The van der Waals surface area contributed by atoms with Gasteiger partial charge >= 0.3 is 0 Å². The minimum atomic E-state index is 0.460. The predicted octanol–water partition coefficient (Wildman–Crippen LogP) is 3.04. The van der Waals surface area contributed by atoms with Gasteiger partial charge in [0.25, 0.3) is 0 Å². The van der Waals surface area contributed by atoms with E-state index in [-0.39, 0.29) is 0 Å². The van der Waals surface area contributed by atoms with Crippen molar-refractivity contribution in [2.45, 2.75) is 0 Å². The molecule has 0 aliphatic rings. The molecule has 0 radical (unpaired) electrons. The van der Waals surface area contributed by atoms with Crippen LogP contribution in [0.2, 0.25) is 10.0 Å². The molecule has 0 atom stereocenters. The van der Waals surface area contributed by atoms with Crippen LogP contribution in [0.3, 0.4) is 0 Å². The second-order valence-corrected chi connectivity index (χ2v) is 3.22. The van der Waals surface area contributed by atoms with Crippen LogP contribution < -0.4 is 0 Å². The van der Waals surface area contributed by atoms with E-state index in [2.05, 4.69) is 14.7 Å². The van der Waals surface area contributed by atoms with Crippen LogP contribution in [0.1, 0.15) is 0 Å². The molecule has 3 nitrogen and oxygen atoms in total. The number of benzene rings is 1. The zero-order valence-electron chi connectivity index (χ0n) is 6.37. The number of nitrogens with zero attached hydrogens (tertiary/aromatic N) is 2. The summed E-state index contributed by atoms with van der Waals surface area (Å²) < 4.78 is 4.60. The molecule has 0 aliphatic heterocycles. The maximum absolute atomic E-state index is 5.91. The van der Waals surface area contributed by atoms with Crippen molar-refractivity contribution in [1.82, 2.24) is 10.1 Å². The van der Waals surface area contributed by atoms with Crippen LogP contribution in [0, 0.1) is 0 Å². The van der Waals surface area contributed by atoms with Crippen molar-refractivity contribution in [3.8, 4) is 11.4 Å². The average molecular weight is 215 g/mol. The van der Waals surface area contributed by atoms with Crippen LogP contribution in [0.25, 0.3) is 11.4 Å². The van der Waals surface area contributed by atoms with Gasteiger partial charge in [0.05, 0.1) is 5.02 Å². The van der Waals surface area contributed by atoms with Crippen LogP contribution in [-0.4, -0.2) is 10.1 Å². The Bertz CT molecular complexity index is 414. The quantitative estimate of drug-likeness (QED) is 0.733. The smallest absolute Gasteiger partial charge is 0.214 e. The highest BCUT2D eigenvalue weighted by Crippen LogP contribution is 2.27. The second-order valence-electron chi connectivity index (χ2n) is 2.38. The molecule has 1 aromatic carbocycles. The molecule has 0 saturated heterocycles. The van der Waals surface area contributed by atoms with Gasteiger partial charge in [-0.1, -0.05) is 28.4 Å². The van der Waals surface area contributed by atoms with Crippen LogP contribution in [0.4, 0.5) is 0 Å². The fourth-order valence-electron chi connectivity index (χ4n) is 0.960. The van der Waals surface area contributed by atoms with E-state index in [9.17, 15) is 0 Å². The molecule has 0 spiro atoms. The van der Waals surface area contributed by atoms with Gasteiger partial charge in [0.15, 0.2) is 0 Å². The minimum absolute atomic E-state index is 0.460. The van der Waals surface area contributed by atoms with E-state index in [0.717, 1.165) is 0 Å². The summed E-state index contributed by atoms with van der Waals surface area (Å²) in [6.45, 7) is 0. The van der Waals surface area contributed by atoms with Crippen LogP contribution in [0.5, 0.6) is 0 Å². The lowest BCUT2D eigenvalue weighted by molar-refractivity contribution is 0.419. The molecule has 2 rings (SSSR count). The summed E-state index contributed by atoms with van der Waals surface area (Å²) in [5, 5.41) is 4.75. The number of hydrogen-bond donors (Lipinski definition) is 0. The molecule has 1 aromatic heterocycles. The molecule has 0 fully saturated rings.